The van der Waals surface area contributed by atoms with Gasteiger partial charge < -0.3 is 14.7 Å². The number of ether oxygens (including phenoxy) is 1. The maximum absolute atomic E-state index is 13.4. The fraction of sp³-hybridized carbons (Fsp3) is 0.552. The van der Waals surface area contributed by atoms with Crippen molar-refractivity contribution in [2.45, 2.75) is 58.7 Å². The van der Waals surface area contributed by atoms with Gasteiger partial charge in [-0.3, -0.25) is 9.59 Å². The number of hydrogen-bond acceptors (Lipinski definition) is 8. The highest BCUT2D eigenvalue weighted by molar-refractivity contribution is 6.01. The van der Waals surface area contributed by atoms with Gasteiger partial charge in [0.25, 0.3) is 5.09 Å². The number of aliphatic hydroxyl groups is 1. The molecule has 0 radical (unpaired) electrons. The number of carbonyl (C=O) groups excluding carboxylic acids is 3. The average molecular weight is 524 g/mol. The molecule has 0 aliphatic heterocycles. The van der Waals surface area contributed by atoms with Crippen LogP contribution in [0, 0.1) is 44.6 Å². The van der Waals surface area contributed by atoms with Crippen LogP contribution in [0.5, 0.6) is 0 Å². The number of ketones is 2. The Balaban J connectivity index is 1.26. The summed E-state index contributed by atoms with van der Waals surface area (Å²) in [5.74, 6) is -0.622. The van der Waals surface area contributed by atoms with Crippen molar-refractivity contribution in [3.63, 3.8) is 0 Å². The van der Waals surface area contributed by atoms with Crippen molar-refractivity contribution < 1.29 is 34.2 Å². The summed E-state index contributed by atoms with van der Waals surface area (Å²) >= 11 is 0. The topological polar surface area (TPSA) is 133 Å². The number of esters is 1. The highest BCUT2D eigenvalue weighted by Crippen LogP contribution is 2.66. The van der Waals surface area contributed by atoms with Crippen LogP contribution in [0.1, 0.15) is 61.9 Å². The van der Waals surface area contributed by atoms with Crippen LogP contribution < -0.4 is 0 Å². The zero-order valence-corrected chi connectivity index (χ0v) is 21.6. The van der Waals surface area contributed by atoms with Crippen molar-refractivity contribution in [3.8, 4) is 0 Å². The van der Waals surface area contributed by atoms with Crippen LogP contribution in [-0.2, 0) is 25.8 Å². The lowest BCUT2D eigenvalue weighted by Crippen LogP contribution is -2.56. The molecule has 0 heterocycles. The first-order valence-corrected chi connectivity index (χ1v) is 13.2. The molecular weight excluding hydrogens is 490 g/mol. The Labute approximate surface area is 221 Å². The number of hydrogen-bond donors (Lipinski definition) is 1. The number of fused-ring (bicyclic) bond motifs is 5. The summed E-state index contributed by atoms with van der Waals surface area (Å²) < 4.78 is 5.36. The molecule has 38 heavy (non-hydrogen) atoms. The fourth-order valence-corrected chi connectivity index (χ4v) is 8.09. The first-order chi connectivity index (χ1) is 18.0. The first-order valence-electron chi connectivity index (χ1n) is 13.2. The lowest BCUT2D eigenvalue weighted by Gasteiger charge is -2.58. The predicted octanol–water partition coefficient (Wildman–Crippen LogP) is 4.02. The van der Waals surface area contributed by atoms with Crippen molar-refractivity contribution in [1.29, 1.82) is 0 Å². The van der Waals surface area contributed by atoms with Crippen LogP contribution in [-0.4, -0.2) is 40.4 Å². The van der Waals surface area contributed by atoms with Crippen LogP contribution in [0.2, 0.25) is 0 Å². The summed E-state index contributed by atoms with van der Waals surface area (Å²) in [5, 5.41) is 21.0. The number of carbonyl (C=O) groups is 3. The van der Waals surface area contributed by atoms with Crippen LogP contribution in [0.25, 0.3) is 0 Å². The summed E-state index contributed by atoms with van der Waals surface area (Å²) in [4.78, 5) is 52.8. The molecule has 1 aromatic rings. The third kappa shape index (κ3) is 4.46. The van der Waals surface area contributed by atoms with Crippen molar-refractivity contribution in [2.75, 3.05) is 6.61 Å². The highest BCUT2D eigenvalue weighted by atomic mass is 16.9. The lowest BCUT2D eigenvalue weighted by molar-refractivity contribution is -0.763. The second-order valence-electron chi connectivity index (χ2n) is 11.7. The van der Waals surface area contributed by atoms with Gasteiger partial charge in [0.2, 0.25) is 0 Å². The third-order valence-electron chi connectivity index (χ3n) is 9.73. The SMILES string of the molecule is CC12C=CC(=O)C=C1CCC1C2C(O)CC2(C)C(C(=O)COC(=O)c3cccc(CO[N+](=O)[O-])c3)CCC12. The second kappa shape index (κ2) is 9.76. The van der Waals surface area contributed by atoms with Crippen LogP contribution in [0.15, 0.2) is 48.1 Å². The summed E-state index contributed by atoms with van der Waals surface area (Å²) in [6, 6.07) is 6.13. The van der Waals surface area contributed by atoms with E-state index in [9.17, 15) is 29.6 Å². The first kappa shape index (κ1) is 26.3. The lowest BCUT2D eigenvalue weighted by atomic mass is 9.46. The number of allylic oxidation sites excluding steroid dienone is 4. The summed E-state index contributed by atoms with van der Waals surface area (Å²) in [7, 11) is 0. The molecule has 4 aliphatic carbocycles. The summed E-state index contributed by atoms with van der Waals surface area (Å²) in [5.41, 5.74) is 0.979. The summed E-state index contributed by atoms with van der Waals surface area (Å²) in [6.45, 7) is 3.57. The van der Waals surface area contributed by atoms with Gasteiger partial charge in [-0.1, -0.05) is 37.6 Å². The maximum Gasteiger partial charge on any atom is 0.338 e. The minimum Gasteiger partial charge on any atom is -0.454 e. The molecule has 3 saturated carbocycles. The van der Waals surface area contributed by atoms with Crippen molar-refractivity contribution in [1.82, 2.24) is 0 Å². The second-order valence-corrected chi connectivity index (χ2v) is 11.7. The molecule has 0 aromatic heterocycles. The molecule has 0 bridgehead atoms. The van der Waals surface area contributed by atoms with Gasteiger partial charge in [0.15, 0.2) is 18.2 Å². The van der Waals surface area contributed by atoms with E-state index in [1.165, 1.54) is 12.1 Å². The van der Waals surface area contributed by atoms with E-state index in [1.54, 1.807) is 24.3 Å². The van der Waals surface area contributed by atoms with Gasteiger partial charge in [-0.2, -0.15) is 0 Å². The minimum atomic E-state index is -0.903. The Bertz CT molecular complexity index is 1240. The quantitative estimate of drug-likeness (QED) is 0.322. The number of nitrogens with zero attached hydrogens (tertiary/aromatic N) is 1. The number of rotatable bonds is 7. The molecule has 4 aliphatic rings. The largest absolute Gasteiger partial charge is 0.454 e. The van der Waals surface area contributed by atoms with Crippen molar-refractivity contribution in [3.05, 3.63) is 69.3 Å². The zero-order chi connectivity index (χ0) is 27.2. The van der Waals surface area contributed by atoms with Gasteiger partial charge in [0.1, 0.15) is 6.61 Å². The molecule has 0 spiro atoms. The smallest absolute Gasteiger partial charge is 0.338 e. The molecule has 3 fully saturated rings. The van der Waals surface area contributed by atoms with Crippen LogP contribution in [0.3, 0.4) is 0 Å². The van der Waals surface area contributed by atoms with E-state index >= 15 is 0 Å². The van der Waals surface area contributed by atoms with Gasteiger partial charge in [-0.15, -0.1) is 10.1 Å². The standard InChI is InChI=1S/C29H33NO8/c1-28-11-10-20(31)13-19(28)6-7-21-22-8-9-23(29(22,2)14-24(32)26(21)28)25(33)16-37-27(34)18-5-3-4-17(12-18)15-38-30(35)36/h3-5,10-13,21-24,26,32H,6-9,14-16H2,1-2H3. The van der Waals surface area contributed by atoms with Gasteiger partial charge in [-0.25, -0.2) is 4.79 Å². The highest BCUT2D eigenvalue weighted by Gasteiger charge is 2.62. The van der Waals surface area contributed by atoms with Gasteiger partial charge in [-0.05, 0) is 79.2 Å². The molecule has 7 atom stereocenters. The summed E-state index contributed by atoms with van der Waals surface area (Å²) in [6.07, 6.45) is 8.48. The van der Waals surface area contributed by atoms with E-state index in [4.69, 9.17) is 4.74 Å². The van der Waals surface area contributed by atoms with Gasteiger partial charge in [0.05, 0.1) is 11.7 Å². The fourth-order valence-electron chi connectivity index (χ4n) is 8.09. The Morgan fingerprint density at radius 1 is 1.21 bits per heavy atom. The predicted molar refractivity (Wildman–Crippen MR) is 135 cm³/mol. The van der Waals surface area contributed by atoms with Crippen molar-refractivity contribution in [2.24, 2.45) is 34.5 Å². The Kier molecular flexibility index (Phi) is 6.75. The third-order valence-corrected chi connectivity index (χ3v) is 9.73. The monoisotopic (exact) mass is 523 g/mol. The van der Waals surface area contributed by atoms with E-state index in [-0.39, 0.29) is 59.4 Å². The van der Waals surface area contributed by atoms with E-state index in [0.29, 0.717) is 18.4 Å². The molecule has 1 N–H and O–H groups in total. The molecule has 1 aromatic carbocycles. The Hall–Kier alpha value is -3.33. The number of benzene rings is 1. The van der Waals surface area contributed by atoms with Crippen LogP contribution >= 0.6 is 0 Å². The van der Waals surface area contributed by atoms with Gasteiger partial charge >= 0.3 is 5.97 Å². The Morgan fingerprint density at radius 3 is 2.76 bits per heavy atom. The minimum absolute atomic E-state index is 0.00293. The molecule has 0 amide bonds. The zero-order valence-electron chi connectivity index (χ0n) is 21.6. The molecule has 5 rings (SSSR count). The molecule has 9 heteroatoms. The Morgan fingerprint density at radius 2 is 2.00 bits per heavy atom. The average Bonchev–Trinajstić information content (AvgIpc) is 3.22. The van der Waals surface area contributed by atoms with Crippen molar-refractivity contribution >= 4 is 17.5 Å². The van der Waals surface area contributed by atoms with E-state index in [2.05, 4.69) is 18.7 Å². The number of aliphatic hydroxyl groups excluding tert-OH is 1. The number of Topliss-reactive ketones (excluding diaryl/α,β-unsaturated/α-hetero) is 1. The normalized spacial score (nSPS) is 35.4. The van der Waals surface area contributed by atoms with E-state index in [1.807, 2.05) is 6.08 Å². The maximum atomic E-state index is 13.4. The molecule has 202 valence electrons. The van der Waals surface area contributed by atoms with E-state index < -0.39 is 22.6 Å². The molecule has 9 nitrogen and oxygen atoms in total. The molecule has 0 saturated heterocycles. The van der Waals surface area contributed by atoms with Gasteiger partial charge in [0, 0.05) is 17.3 Å². The molecule has 7 unspecified atom stereocenters. The van der Waals surface area contributed by atoms with Crippen LogP contribution in [0.4, 0.5) is 0 Å². The van der Waals surface area contributed by atoms with E-state index in [0.717, 1.165) is 24.8 Å². The molecular formula is C29H33NO8.